The van der Waals surface area contributed by atoms with E-state index in [0.717, 1.165) is 22.4 Å². The molecule has 0 saturated carbocycles. The van der Waals surface area contributed by atoms with Gasteiger partial charge in [-0.1, -0.05) is 23.8 Å². The third-order valence-electron chi connectivity index (χ3n) is 5.53. The van der Waals surface area contributed by atoms with Crippen molar-refractivity contribution in [2.45, 2.75) is 26.8 Å². The number of carbonyl (C=O) groups is 1. The molecule has 0 spiro atoms. The van der Waals surface area contributed by atoms with Crippen LogP contribution in [0.3, 0.4) is 0 Å². The number of nitriles is 1. The summed E-state index contributed by atoms with van der Waals surface area (Å²) >= 11 is 0. The third kappa shape index (κ3) is 5.02. The van der Waals surface area contributed by atoms with Gasteiger partial charge in [0.1, 0.15) is 11.5 Å². The van der Waals surface area contributed by atoms with E-state index in [1.807, 2.05) is 44.2 Å². The summed E-state index contributed by atoms with van der Waals surface area (Å²) < 4.78 is 15.1. The Labute approximate surface area is 197 Å². The van der Waals surface area contributed by atoms with Gasteiger partial charge in [-0.25, -0.2) is 9.07 Å². The average molecular weight is 454 g/mol. The van der Waals surface area contributed by atoms with Gasteiger partial charge < -0.3 is 4.90 Å². The van der Waals surface area contributed by atoms with E-state index < -0.39 is 0 Å². The largest absolute Gasteiger partial charge is 0.332 e. The summed E-state index contributed by atoms with van der Waals surface area (Å²) in [4.78, 5) is 19.6. The minimum Gasteiger partial charge on any atom is -0.332 e. The molecule has 0 aliphatic carbocycles. The van der Waals surface area contributed by atoms with Crippen LogP contribution >= 0.6 is 0 Å². The first-order valence-electron chi connectivity index (χ1n) is 10.9. The first-order chi connectivity index (χ1) is 16.5. The van der Waals surface area contributed by atoms with Gasteiger partial charge in [0.25, 0.3) is 5.91 Å². The van der Waals surface area contributed by atoms with Crippen molar-refractivity contribution in [3.63, 3.8) is 0 Å². The molecule has 2 aromatic heterocycles. The maximum atomic E-state index is 13.8. The van der Waals surface area contributed by atoms with E-state index >= 15 is 0 Å². The molecule has 4 aromatic rings. The van der Waals surface area contributed by atoms with Crippen LogP contribution < -0.4 is 0 Å². The molecule has 170 valence electrons. The SMILES string of the molecule is Cc1ccc(-n2nc(-c3ccc(F)cc3)cc2C(=O)N(CCC#N)Cc2cccnc2)c(C)c1. The number of rotatable bonds is 7. The maximum absolute atomic E-state index is 13.8. The predicted octanol–water partition coefficient (Wildman–Crippen LogP) is 5.25. The van der Waals surface area contributed by atoms with Crippen molar-refractivity contribution in [1.82, 2.24) is 19.7 Å². The van der Waals surface area contributed by atoms with Crippen molar-refractivity contribution in [3.05, 3.63) is 101 Å². The molecule has 2 aromatic carbocycles. The topological polar surface area (TPSA) is 74.8 Å². The zero-order valence-corrected chi connectivity index (χ0v) is 19.1. The molecule has 0 N–H and O–H groups in total. The molecule has 0 saturated heterocycles. The van der Waals surface area contributed by atoms with Crippen LogP contribution in [0.15, 0.2) is 73.1 Å². The molecule has 6 nitrogen and oxygen atoms in total. The van der Waals surface area contributed by atoms with Gasteiger partial charge in [0.05, 0.1) is 23.9 Å². The number of pyridine rings is 1. The van der Waals surface area contributed by atoms with E-state index in [1.54, 1.807) is 40.2 Å². The fourth-order valence-corrected chi connectivity index (χ4v) is 3.83. The number of hydrogen-bond acceptors (Lipinski definition) is 4. The van der Waals surface area contributed by atoms with Crippen LogP contribution in [0, 0.1) is 31.0 Å². The first kappa shape index (κ1) is 22.9. The fourth-order valence-electron chi connectivity index (χ4n) is 3.83. The van der Waals surface area contributed by atoms with Crippen LogP contribution in [-0.4, -0.2) is 32.1 Å². The molecule has 2 heterocycles. The Bertz CT molecular complexity index is 1340. The van der Waals surface area contributed by atoms with E-state index in [2.05, 4.69) is 11.1 Å². The van der Waals surface area contributed by atoms with E-state index in [4.69, 9.17) is 10.4 Å². The Kier molecular flexibility index (Phi) is 6.79. The molecule has 0 atom stereocenters. The highest BCUT2D eigenvalue weighted by Gasteiger charge is 2.24. The standard InChI is InChI=1S/C27H24FN5O/c1-19-6-11-25(20(2)15-19)33-26(16-24(31-33)22-7-9-23(28)10-8-22)27(34)32(14-4-12-29)18-21-5-3-13-30-17-21/h3,5-11,13,15-17H,4,14,18H2,1-2H3. The lowest BCUT2D eigenvalue weighted by Gasteiger charge is -2.22. The minimum atomic E-state index is -0.340. The van der Waals surface area contributed by atoms with Crippen molar-refractivity contribution >= 4 is 5.91 Å². The Morgan fingerprint density at radius 1 is 1.12 bits per heavy atom. The molecule has 0 radical (unpaired) electrons. The highest BCUT2D eigenvalue weighted by molar-refractivity contribution is 5.94. The predicted molar refractivity (Wildman–Crippen MR) is 128 cm³/mol. The lowest BCUT2D eigenvalue weighted by molar-refractivity contribution is 0.0737. The monoisotopic (exact) mass is 453 g/mol. The summed E-state index contributed by atoms with van der Waals surface area (Å²) in [5, 5.41) is 13.9. The fraction of sp³-hybridized carbons (Fsp3) is 0.185. The van der Waals surface area contributed by atoms with Gasteiger partial charge in [0, 0.05) is 31.0 Å². The molecule has 4 rings (SSSR count). The van der Waals surface area contributed by atoms with Crippen molar-refractivity contribution in [2.24, 2.45) is 0 Å². The zero-order chi connectivity index (χ0) is 24.1. The highest BCUT2D eigenvalue weighted by atomic mass is 19.1. The van der Waals surface area contributed by atoms with Gasteiger partial charge in [-0.2, -0.15) is 10.4 Å². The molecule has 34 heavy (non-hydrogen) atoms. The molecule has 0 bridgehead atoms. The average Bonchev–Trinajstić information content (AvgIpc) is 3.27. The number of hydrogen-bond donors (Lipinski definition) is 0. The Balaban J connectivity index is 1.80. The van der Waals surface area contributed by atoms with Crippen LogP contribution in [0.25, 0.3) is 16.9 Å². The zero-order valence-electron chi connectivity index (χ0n) is 19.1. The number of aromatic nitrogens is 3. The number of nitrogens with zero attached hydrogens (tertiary/aromatic N) is 5. The van der Waals surface area contributed by atoms with Crippen LogP contribution in [0.1, 0.15) is 33.6 Å². The Morgan fingerprint density at radius 2 is 1.91 bits per heavy atom. The summed E-state index contributed by atoms with van der Waals surface area (Å²) in [6.45, 7) is 4.57. The van der Waals surface area contributed by atoms with Gasteiger partial charge in [0.2, 0.25) is 0 Å². The second kappa shape index (κ2) is 10.1. The molecule has 7 heteroatoms. The van der Waals surface area contributed by atoms with Crippen LogP contribution in [0.4, 0.5) is 4.39 Å². The van der Waals surface area contributed by atoms with Crippen molar-refractivity contribution < 1.29 is 9.18 Å². The van der Waals surface area contributed by atoms with Crippen molar-refractivity contribution in [1.29, 1.82) is 5.26 Å². The minimum absolute atomic E-state index is 0.203. The summed E-state index contributed by atoms with van der Waals surface area (Å²) in [6.07, 6.45) is 3.59. The number of amides is 1. The lowest BCUT2D eigenvalue weighted by Crippen LogP contribution is -2.33. The smallest absolute Gasteiger partial charge is 0.272 e. The highest BCUT2D eigenvalue weighted by Crippen LogP contribution is 2.25. The maximum Gasteiger partial charge on any atom is 0.272 e. The molecule has 1 amide bonds. The van der Waals surface area contributed by atoms with Crippen LogP contribution in [0.2, 0.25) is 0 Å². The van der Waals surface area contributed by atoms with Gasteiger partial charge in [-0.15, -0.1) is 0 Å². The van der Waals surface area contributed by atoms with E-state index in [9.17, 15) is 9.18 Å². The number of carbonyl (C=O) groups excluding carboxylic acids is 1. The normalized spacial score (nSPS) is 10.6. The van der Waals surface area contributed by atoms with Crippen LogP contribution in [-0.2, 0) is 6.54 Å². The summed E-state index contributed by atoms with van der Waals surface area (Å²) in [5.74, 6) is -0.590. The van der Waals surface area contributed by atoms with Gasteiger partial charge in [-0.3, -0.25) is 9.78 Å². The molecule has 0 aliphatic rings. The summed E-state index contributed by atoms with van der Waals surface area (Å²) in [6, 6.07) is 19.5. The van der Waals surface area contributed by atoms with Gasteiger partial charge in [-0.05, 0) is 67.4 Å². The molecule has 0 unspecified atom stereocenters. The quantitative estimate of drug-likeness (QED) is 0.383. The van der Waals surface area contributed by atoms with Crippen LogP contribution in [0.5, 0.6) is 0 Å². The van der Waals surface area contributed by atoms with Crippen molar-refractivity contribution in [2.75, 3.05) is 6.54 Å². The van der Waals surface area contributed by atoms with Gasteiger partial charge in [0.15, 0.2) is 0 Å². The lowest BCUT2D eigenvalue weighted by atomic mass is 10.1. The van der Waals surface area contributed by atoms with Gasteiger partial charge >= 0.3 is 0 Å². The Morgan fingerprint density at radius 3 is 2.59 bits per heavy atom. The molecule has 0 fully saturated rings. The van der Waals surface area contributed by atoms with E-state index in [-0.39, 0.29) is 24.7 Å². The molecular formula is C27H24FN5O. The number of aryl methyl sites for hydroxylation is 2. The molecule has 0 aliphatic heterocycles. The number of halogens is 1. The van der Waals surface area contributed by atoms with Crippen molar-refractivity contribution in [3.8, 4) is 23.0 Å². The van der Waals surface area contributed by atoms with E-state index in [0.29, 0.717) is 23.5 Å². The summed E-state index contributed by atoms with van der Waals surface area (Å²) in [5.41, 5.74) is 5.35. The first-order valence-corrected chi connectivity index (χ1v) is 10.9. The number of benzene rings is 2. The Hall–Kier alpha value is -4.31. The third-order valence-corrected chi connectivity index (χ3v) is 5.53. The summed E-state index contributed by atoms with van der Waals surface area (Å²) in [7, 11) is 0. The second-order valence-corrected chi connectivity index (χ2v) is 8.12. The molecular weight excluding hydrogens is 429 g/mol. The second-order valence-electron chi connectivity index (χ2n) is 8.12. The van der Waals surface area contributed by atoms with E-state index in [1.165, 1.54) is 12.1 Å².